The summed E-state index contributed by atoms with van der Waals surface area (Å²) >= 11 is 7.43. The molecular weight excluding hydrogens is 435 g/mol. The Hall–Kier alpha value is -2.91. The van der Waals surface area contributed by atoms with Crippen molar-refractivity contribution < 1.29 is 13.2 Å². The minimum Gasteiger partial charge on any atom is -0.297 e. The third-order valence-corrected chi connectivity index (χ3v) is 5.38. The summed E-state index contributed by atoms with van der Waals surface area (Å²) in [5, 5.41) is 16.7. The van der Waals surface area contributed by atoms with Crippen LogP contribution in [0.15, 0.2) is 76.9 Å². The predicted octanol–water partition coefficient (Wildman–Crippen LogP) is 5.61. The third-order valence-electron chi connectivity index (χ3n) is 4.14. The summed E-state index contributed by atoms with van der Waals surface area (Å²) in [4.78, 5) is 0. The minimum absolute atomic E-state index is 0.274. The van der Waals surface area contributed by atoms with E-state index in [1.807, 2.05) is 53.1 Å². The van der Waals surface area contributed by atoms with Gasteiger partial charge in [-0.15, -0.1) is 20.4 Å². The zero-order chi connectivity index (χ0) is 21.1. The SMILES string of the molecule is FC(F)(F)c1ccc(Sc2nnc(-c3ccccc3Cl)n2Cc2ccccc2)nn1. The molecule has 2 aromatic heterocycles. The van der Waals surface area contributed by atoms with Gasteiger partial charge in [0.25, 0.3) is 0 Å². The van der Waals surface area contributed by atoms with Crippen LogP contribution >= 0.6 is 23.4 Å². The van der Waals surface area contributed by atoms with Gasteiger partial charge >= 0.3 is 6.18 Å². The molecule has 0 atom stereocenters. The Bertz CT molecular complexity index is 1150. The fraction of sp³-hybridized carbons (Fsp3) is 0.100. The van der Waals surface area contributed by atoms with Gasteiger partial charge in [0, 0.05) is 5.56 Å². The number of benzene rings is 2. The second kappa shape index (κ2) is 8.45. The maximum absolute atomic E-state index is 12.7. The number of aromatic nitrogens is 5. The molecule has 0 aliphatic carbocycles. The summed E-state index contributed by atoms with van der Waals surface area (Å²) in [6.45, 7) is 0.449. The van der Waals surface area contributed by atoms with E-state index in [0.717, 1.165) is 23.4 Å². The highest BCUT2D eigenvalue weighted by Crippen LogP contribution is 2.33. The van der Waals surface area contributed by atoms with Gasteiger partial charge in [0.1, 0.15) is 5.03 Å². The molecule has 0 aliphatic heterocycles. The van der Waals surface area contributed by atoms with Crippen LogP contribution in [0.25, 0.3) is 11.4 Å². The van der Waals surface area contributed by atoms with Crippen LogP contribution in [0.3, 0.4) is 0 Å². The topological polar surface area (TPSA) is 56.5 Å². The normalized spacial score (nSPS) is 11.6. The summed E-state index contributed by atoms with van der Waals surface area (Å²) in [6.07, 6.45) is -4.54. The Kier molecular flexibility index (Phi) is 5.74. The lowest BCUT2D eigenvalue weighted by Gasteiger charge is -2.11. The summed E-state index contributed by atoms with van der Waals surface area (Å²) in [5.41, 5.74) is 0.660. The largest absolute Gasteiger partial charge is 0.435 e. The molecule has 0 radical (unpaired) electrons. The predicted molar refractivity (Wildman–Crippen MR) is 107 cm³/mol. The molecule has 0 amide bonds. The van der Waals surface area contributed by atoms with Gasteiger partial charge in [-0.3, -0.25) is 4.57 Å². The first kappa shape index (κ1) is 20.4. The van der Waals surface area contributed by atoms with Crippen molar-refractivity contribution >= 4 is 23.4 Å². The number of rotatable bonds is 5. The molecule has 30 heavy (non-hydrogen) atoms. The molecule has 0 N–H and O–H groups in total. The van der Waals surface area contributed by atoms with E-state index in [1.54, 1.807) is 6.07 Å². The van der Waals surface area contributed by atoms with Crippen molar-refractivity contribution in [3.8, 4) is 11.4 Å². The average Bonchev–Trinajstić information content (AvgIpc) is 3.11. The maximum atomic E-state index is 12.7. The fourth-order valence-electron chi connectivity index (χ4n) is 2.73. The minimum atomic E-state index is -4.54. The first-order chi connectivity index (χ1) is 14.4. The average molecular weight is 448 g/mol. The first-order valence-electron chi connectivity index (χ1n) is 8.72. The molecule has 2 aromatic carbocycles. The zero-order valence-electron chi connectivity index (χ0n) is 15.2. The lowest BCUT2D eigenvalue weighted by atomic mass is 10.2. The van der Waals surface area contributed by atoms with Crippen molar-refractivity contribution in [1.29, 1.82) is 0 Å². The van der Waals surface area contributed by atoms with Crippen LogP contribution in [0, 0.1) is 0 Å². The molecule has 4 rings (SSSR count). The molecule has 152 valence electrons. The first-order valence-corrected chi connectivity index (χ1v) is 9.92. The lowest BCUT2D eigenvalue weighted by molar-refractivity contribution is -0.141. The highest BCUT2D eigenvalue weighted by Gasteiger charge is 2.33. The summed E-state index contributed by atoms with van der Waals surface area (Å²) < 4.78 is 40.0. The van der Waals surface area contributed by atoms with E-state index in [0.29, 0.717) is 28.1 Å². The van der Waals surface area contributed by atoms with Crippen molar-refractivity contribution in [1.82, 2.24) is 25.0 Å². The number of alkyl halides is 3. The van der Waals surface area contributed by atoms with Gasteiger partial charge in [0.15, 0.2) is 16.7 Å². The highest BCUT2D eigenvalue weighted by atomic mass is 35.5. The summed E-state index contributed by atoms with van der Waals surface area (Å²) in [6, 6.07) is 19.1. The van der Waals surface area contributed by atoms with Crippen LogP contribution in [-0.4, -0.2) is 25.0 Å². The van der Waals surface area contributed by atoms with Crippen LogP contribution in [-0.2, 0) is 12.7 Å². The smallest absolute Gasteiger partial charge is 0.297 e. The number of nitrogens with zero attached hydrogens (tertiary/aromatic N) is 5. The van der Waals surface area contributed by atoms with E-state index in [4.69, 9.17) is 11.6 Å². The van der Waals surface area contributed by atoms with Crippen LogP contribution in [0.4, 0.5) is 13.2 Å². The molecule has 10 heteroatoms. The summed E-state index contributed by atoms with van der Waals surface area (Å²) in [7, 11) is 0. The molecule has 0 unspecified atom stereocenters. The Balaban J connectivity index is 1.71. The van der Waals surface area contributed by atoms with E-state index in [-0.39, 0.29) is 5.03 Å². The van der Waals surface area contributed by atoms with Gasteiger partial charge in [-0.2, -0.15) is 13.2 Å². The monoisotopic (exact) mass is 447 g/mol. The summed E-state index contributed by atoms with van der Waals surface area (Å²) in [5.74, 6) is 0.548. The Morgan fingerprint density at radius 1 is 0.833 bits per heavy atom. The number of hydrogen-bond acceptors (Lipinski definition) is 5. The van der Waals surface area contributed by atoms with Gasteiger partial charge < -0.3 is 0 Å². The second-order valence-electron chi connectivity index (χ2n) is 6.21. The van der Waals surface area contributed by atoms with E-state index in [2.05, 4.69) is 20.4 Å². The van der Waals surface area contributed by atoms with Gasteiger partial charge in [0.2, 0.25) is 0 Å². The Morgan fingerprint density at radius 2 is 1.57 bits per heavy atom. The Labute approximate surface area is 178 Å². The maximum Gasteiger partial charge on any atom is 0.435 e. The van der Waals surface area contributed by atoms with E-state index in [1.165, 1.54) is 6.07 Å². The van der Waals surface area contributed by atoms with E-state index in [9.17, 15) is 13.2 Å². The molecule has 0 saturated carbocycles. The Morgan fingerprint density at radius 3 is 2.23 bits per heavy atom. The van der Waals surface area contributed by atoms with Crippen molar-refractivity contribution in [3.05, 3.63) is 83.0 Å². The molecule has 0 saturated heterocycles. The molecule has 2 heterocycles. The standard InChI is InChI=1S/C20H13ClF3N5S/c21-15-9-5-4-8-14(15)18-27-28-19(29(18)12-13-6-2-1-3-7-13)30-17-11-10-16(25-26-17)20(22,23)24/h1-11H,12H2. The van der Waals surface area contributed by atoms with Crippen molar-refractivity contribution in [2.24, 2.45) is 0 Å². The zero-order valence-corrected chi connectivity index (χ0v) is 16.8. The van der Waals surface area contributed by atoms with Gasteiger partial charge in [0.05, 0.1) is 11.6 Å². The number of hydrogen-bond donors (Lipinski definition) is 0. The fourth-order valence-corrected chi connectivity index (χ4v) is 3.70. The highest BCUT2D eigenvalue weighted by molar-refractivity contribution is 7.99. The molecule has 5 nitrogen and oxygen atoms in total. The van der Waals surface area contributed by atoms with E-state index < -0.39 is 11.9 Å². The quantitative estimate of drug-likeness (QED) is 0.398. The van der Waals surface area contributed by atoms with Crippen LogP contribution in [0.2, 0.25) is 5.02 Å². The molecule has 0 aliphatic rings. The van der Waals surface area contributed by atoms with Crippen LogP contribution in [0.5, 0.6) is 0 Å². The molecule has 4 aromatic rings. The van der Waals surface area contributed by atoms with Gasteiger partial charge in [-0.1, -0.05) is 54.1 Å². The van der Waals surface area contributed by atoms with Gasteiger partial charge in [-0.25, -0.2) is 0 Å². The van der Waals surface area contributed by atoms with E-state index >= 15 is 0 Å². The van der Waals surface area contributed by atoms with Crippen LogP contribution in [0.1, 0.15) is 11.3 Å². The lowest BCUT2D eigenvalue weighted by Crippen LogP contribution is -2.09. The second-order valence-corrected chi connectivity index (χ2v) is 7.61. The van der Waals surface area contributed by atoms with Gasteiger partial charge in [-0.05, 0) is 41.6 Å². The van der Waals surface area contributed by atoms with Crippen LogP contribution < -0.4 is 0 Å². The van der Waals surface area contributed by atoms with Crippen molar-refractivity contribution in [2.45, 2.75) is 22.9 Å². The number of halogens is 4. The molecular formula is C20H13ClF3N5S. The molecule has 0 fully saturated rings. The molecule has 0 bridgehead atoms. The van der Waals surface area contributed by atoms with Crippen molar-refractivity contribution in [3.63, 3.8) is 0 Å². The molecule has 0 spiro atoms. The van der Waals surface area contributed by atoms with Crippen molar-refractivity contribution in [2.75, 3.05) is 0 Å². The third kappa shape index (κ3) is 4.47.